The zero-order valence-electron chi connectivity index (χ0n) is 22.5. The van der Waals surface area contributed by atoms with Crippen LogP contribution in [0.25, 0.3) is 33.3 Å². The minimum atomic E-state index is -4.38. The highest BCUT2D eigenvalue weighted by atomic mass is 32.2. The van der Waals surface area contributed by atoms with Crippen LogP contribution in [0.15, 0.2) is 110 Å². The normalized spacial score (nSPS) is 14.6. The molecule has 2 amide bonds. The van der Waals surface area contributed by atoms with Gasteiger partial charge >= 0.3 is 5.63 Å². The molecule has 1 aliphatic rings. The summed E-state index contributed by atoms with van der Waals surface area (Å²) in [4.78, 5) is 39.8. The van der Waals surface area contributed by atoms with E-state index in [-0.39, 0.29) is 53.6 Å². The summed E-state index contributed by atoms with van der Waals surface area (Å²) in [5.41, 5.74) is 0.277. The average molecular weight is 605 g/mol. The van der Waals surface area contributed by atoms with Crippen molar-refractivity contribution in [2.45, 2.75) is 0 Å². The maximum absolute atomic E-state index is 13.5. The number of carbonyl (C=O) groups is 2. The molecule has 12 heteroatoms. The smallest absolute Gasteiger partial charge is 0.347 e. The van der Waals surface area contributed by atoms with E-state index in [4.69, 9.17) is 8.83 Å². The fourth-order valence-electron chi connectivity index (χ4n) is 4.40. The van der Waals surface area contributed by atoms with E-state index in [0.717, 1.165) is 6.07 Å². The Morgan fingerprint density at radius 3 is 2.42 bits per heavy atom. The molecule has 0 saturated heterocycles. The van der Waals surface area contributed by atoms with Gasteiger partial charge in [-0.25, -0.2) is 9.18 Å². The van der Waals surface area contributed by atoms with Crippen LogP contribution in [0.1, 0.15) is 10.4 Å². The zero-order chi connectivity index (χ0) is 30.6. The molecule has 2 N–H and O–H groups in total. The lowest BCUT2D eigenvalue weighted by molar-refractivity contribution is -0.117. The van der Waals surface area contributed by atoms with Gasteiger partial charge < -0.3 is 19.1 Å². The molecule has 220 valence electrons. The molecule has 2 aromatic carbocycles. The predicted molar refractivity (Wildman–Crippen MR) is 158 cm³/mol. The Morgan fingerprint density at radius 2 is 1.60 bits per heavy atom. The second-order valence-corrected chi connectivity index (χ2v) is 11.2. The van der Waals surface area contributed by atoms with E-state index in [1.807, 2.05) is 6.08 Å². The standard InChI is InChI=1S/C31H25FN2O8S/c32-24-11-10-21-16-25(31(37)42-27(21)19-24)28-17-22-8-9-23(18-26(22)41-28)30(36)34(14-15-43(38,39)40)13-12-33-29(35)20-6-4-2-1-3-5-7-20/h1-11,16-19H,12-15H2,(H,33,35)(H,38,39,40)/b2-1-,3-1?,4-2?,5-3-,6-4?,7-5?,20-6?,20-7?. The SMILES string of the molecule is O=C(NCCN(CCS(=O)(=O)O)C(=O)c1ccc2cc(-c3cc4ccc(F)cc4oc3=O)oc2c1)C1=C/C=C\C=C/C=C1. The first-order valence-electron chi connectivity index (χ1n) is 13.1. The highest BCUT2D eigenvalue weighted by Crippen LogP contribution is 2.29. The molecule has 0 bridgehead atoms. The second-order valence-electron chi connectivity index (χ2n) is 9.58. The van der Waals surface area contributed by atoms with Crippen LogP contribution in [0, 0.1) is 5.82 Å². The molecule has 0 aliphatic heterocycles. The quantitative estimate of drug-likeness (QED) is 0.211. The van der Waals surface area contributed by atoms with E-state index in [0.29, 0.717) is 16.3 Å². The molecule has 1 aliphatic carbocycles. The van der Waals surface area contributed by atoms with Crippen molar-refractivity contribution < 1.29 is 35.8 Å². The zero-order valence-corrected chi connectivity index (χ0v) is 23.3. The lowest BCUT2D eigenvalue weighted by Gasteiger charge is -2.22. The van der Waals surface area contributed by atoms with Crippen molar-refractivity contribution in [1.82, 2.24) is 10.2 Å². The molecule has 0 saturated carbocycles. The molecule has 4 aromatic rings. The molecule has 5 rings (SSSR count). The number of hydrogen-bond donors (Lipinski definition) is 2. The van der Waals surface area contributed by atoms with Gasteiger partial charge in [-0.3, -0.25) is 14.1 Å². The van der Waals surface area contributed by atoms with Crippen molar-refractivity contribution in [2.75, 3.05) is 25.4 Å². The van der Waals surface area contributed by atoms with Crippen LogP contribution in [0.2, 0.25) is 0 Å². The summed E-state index contributed by atoms with van der Waals surface area (Å²) in [6, 6.07) is 11.5. The Kier molecular flexibility index (Phi) is 8.51. The van der Waals surface area contributed by atoms with Crippen LogP contribution in [-0.4, -0.2) is 55.1 Å². The van der Waals surface area contributed by atoms with E-state index >= 15 is 0 Å². The first kappa shape index (κ1) is 29.4. The lowest BCUT2D eigenvalue weighted by Crippen LogP contribution is -2.41. The van der Waals surface area contributed by atoms with Crippen LogP contribution in [-0.2, 0) is 14.9 Å². The maximum atomic E-state index is 13.5. The van der Waals surface area contributed by atoms with Gasteiger partial charge in [0.15, 0.2) is 0 Å². The molecule has 0 fully saturated rings. The topological polar surface area (TPSA) is 147 Å². The Morgan fingerprint density at radius 1 is 0.884 bits per heavy atom. The number of hydrogen-bond acceptors (Lipinski definition) is 7. The maximum Gasteiger partial charge on any atom is 0.347 e. The molecule has 0 atom stereocenters. The van der Waals surface area contributed by atoms with Crippen molar-refractivity contribution in [1.29, 1.82) is 0 Å². The van der Waals surface area contributed by atoms with Crippen LogP contribution in [0.3, 0.4) is 0 Å². The van der Waals surface area contributed by atoms with Crippen LogP contribution < -0.4 is 10.9 Å². The van der Waals surface area contributed by atoms with Crippen molar-refractivity contribution in [3.05, 3.63) is 118 Å². The fourth-order valence-corrected chi connectivity index (χ4v) is 4.85. The third-order valence-electron chi connectivity index (χ3n) is 6.56. The summed E-state index contributed by atoms with van der Waals surface area (Å²) in [7, 11) is -4.38. The number of fused-ring (bicyclic) bond motifs is 2. The Bertz CT molecular complexity index is 2020. The molecule has 0 unspecified atom stereocenters. The van der Waals surface area contributed by atoms with Crippen molar-refractivity contribution in [3.63, 3.8) is 0 Å². The number of nitrogens with zero attached hydrogens (tertiary/aromatic N) is 1. The van der Waals surface area contributed by atoms with E-state index in [9.17, 15) is 31.7 Å². The Hall–Kier alpha value is -5.07. The number of carbonyl (C=O) groups excluding carboxylic acids is 2. The molecule has 10 nitrogen and oxygen atoms in total. The number of rotatable bonds is 9. The summed E-state index contributed by atoms with van der Waals surface area (Å²) in [5, 5.41) is 3.77. The Labute approximate surface area is 244 Å². The van der Waals surface area contributed by atoms with Crippen molar-refractivity contribution in [2.24, 2.45) is 0 Å². The van der Waals surface area contributed by atoms with Crippen molar-refractivity contribution >= 4 is 43.9 Å². The van der Waals surface area contributed by atoms with Crippen molar-refractivity contribution in [3.8, 4) is 11.3 Å². The van der Waals surface area contributed by atoms with Gasteiger partial charge in [0, 0.05) is 47.6 Å². The van der Waals surface area contributed by atoms with E-state index in [1.165, 1.54) is 35.2 Å². The second kappa shape index (κ2) is 12.4. The largest absolute Gasteiger partial charge is 0.456 e. The molecular formula is C31H25FN2O8S. The molecule has 2 heterocycles. The van der Waals surface area contributed by atoms with Gasteiger partial charge in [0.25, 0.3) is 21.9 Å². The minimum Gasteiger partial charge on any atom is -0.456 e. The predicted octanol–water partition coefficient (Wildman–Crippen LogP) is 4.40. The first-order chi connectivity index (χ1) is 20.6. The van der Waals surface area contributed by atoms with Gasteiger partial charge in [0.1, 0.15) is 28.3 Å². The summed E-state index contributed by atoms with van der Waals surface area (Å²) in [6.45, 7) is -0.369. The van der Waals surface area contributed by atoms with Crippen LogP contribution >= 0.6 is 0 Å². The number of allylic oxidation sites excluding steroid dienone is 6. The molecule has 43 heavy (non-hydrogen) atoms. The molecular weight excluding hydrogens is 579 g/mol. The molecule has 0 radical (unpaired) electrons. The molecule has 2 aromatic heterocycles. The summed E-state index contributed by atoms with van der Waals surface area (Å²) in [5.74, 6) is -2.02. The van der Waals surface area contributed by atoms with Gasteiger partial charge in [-0.2, -0.15) is 8.42 Å². The first-order valence-corrected chi connectivity index (χ1v) is 14.7. The summed E-state index contributed by atoms with van der Waals surface area (Å²) in [6.07, 6.45) is 12.0. The average Bonchev–Trinajstić information content (AvgIpc) is 3.36. The van der Waals surface area contributed by atoms with E-state index in [1.54, 1.807) is 48.6 Å². The number of halogens is 1. The van der Waals surface area contributed by atoms with Gasteiger partial charge in [-0.1, -0.05) is 36.4 Å². The van der Waals surface area contributed by atoms with E-state index in [2.05, 4.69) is 5.32 Å². The highest BCUT2D eigenvalue weighted by Gasteiger charge is 2.21. The highest BCUT2D eigenvalue weighted by molar-refractivity contribution is 7.85. The van der Waals surface area contributed by atoms with Gasteiger partial charge in [-0.05, 0) is 48.6 Å². The van der Waals surface area contributed by atoms with Crippen LogP contribution in [0.5, 0.6) is 0 Å². The van der Waals surface area contributed by atoms with Gasteiger partial charge in [-0.15, -0.1) is 0 Å². The minimum absolute atomic E-state index is 0.00949. The Balaban J connectivity index is 1.36. The number of benzene rings is 2. The summed E-state index contributed by atoms with van der Waals surface area (Å²) >= 11 is 0. The number of nitrogens with one attached hydrogen (secondary N) is 1. The van der Waals surface area contributed by atoms with E-state index < -0.39 is 33.2 Å². The third kappa shape index (κ3) is 7.23. The van der Waals surface area contributed by atoms with Gasteiger partial charge in [0.05, 0.1) is 5.75 Å². The fraction of sp³-hybridized carbons (Fsp3) is 0.129. The van der Waals surface area contributed by atoms with Crippen LogP contribution in [0.4, 0.5) is 4.39 Å². The van der Waals surface area contributed by atoms with Gasteiger partial charge in [0.2, 0.25) is 0 Å². The number of furan rings is 1. The number of amides is 2. The monoisotopic (exact) mass is 604 g/mol. The summed E-state index contributed by atoms with van der Waals surface area (Å²) < 4.78 is 56.8. The third-order valence-corrected chi connectivity index (χ3v) is 7.26. The lowest BCUT2D eigenvalue weighted by atomic mass is 10.1. The molecule has 0 spiro atoms.